The molecule has 2 unspecified atom stereocenters. The van der Waals surface area contributed by atoms with Crippen molar-refractivity contribution >= 4 is 33.2 Å². The van der Waals surface area contributed by atoms with Gasteiger partial charge in [0.15, 0.2) is 5.78 Å². The molecule has 0 aliphatic rings. The van der Waals surface area contributed by atoms with E-state index in [2.05, 4.69) is 28.8 Å². The lowest BCUT2D eigenvalue weighted by Crippen LogP contribution is -2.50. The quantitative estimate of drug-likeness (QED) is 0.449. The van der Waals surface area contributed by atoms with Crippen molar-refractivity contribution < 1.29 is 9.59 Å². The highest BCUT2D eigenvalue weighted by Gasteiger charge is 2.24. The Labute approximate surface area is 188 Å². The van der Waals surface area contributed by atoms with Crippen molar-refractivity contribution in [3.8, 4) is 0 Å². The normalized spacial score (nSPS) is 13.1. The Kier molecular flexibility index (Phi) is 6.62. The lowest BCUT2D eigenvalue weighted by Gasteiger charge is -2.22. The van der Waals surface area contributed by atoms with Crippen molar-refractivity contribution in [2.45, 2.75) is 24.9 Å². The number of nitrogens with one attached hydrogen (secondary N) is 2. The molecule has 4 heteroatoms. The number of carbonyl (C=O) groups is 2. The first-order valence-electron chi connectivity index (χ1n) is 10.8. The molecule has 0 bridgehead atoms. The number of hydrogen-bond acceptors (Lipinski definition) is 3. The van der Waals surface area contributed by atoms with Gasteiger partial charge in [0.05, 0.1) is 12.1 Å². The molecule has 4 aromatic rings. The van der Waals surface area contributed by atoms with E-state index in [0.717, 1.165) is 32.7 Å². The minimum atomic E-state index is -0.795. The maximum atomic E-state index is 13.1. The zero-order valence-corrected chi connectivity index (χ0v) is 18.0. The van der Waals surface area contributed by atoms with Crippen LogP contribution in [0.25, 0.3) is 21.5 Å². The van der Waals surface area contributed by atoms with Gasteiger partial charge in [-0.05, 0) is 46.1 Å². The molecule has 2 radical (unpaired) electrons. The van der Waals surface area contributed by atoms with Crippen LogP contribution in [0.4, 0.5) is 0 Å². The Hall–Kier alpha value is -3.50. The smallest absolute Gasteiger partial charge is 0.238 e. The summed E-state index contributed by atoms with van der Waals surface area (Å²) in [5.74, 6) is -0.796. The molecule has 4 rings (SSSR count). The molecular formula is C28H26N2O2. The van der Waals surface area contributed by atoms with Crippen LogP contribution in [0.1, 0.15) is 11.1 Å². The fourth-order valence-corrected chi connectivity index (χ4v) is 4.20. The predicted molar refractivity (Wildman–Crippen MR) is 129 cm³/mol. The van der Waals surface area contributed by atoms with Crippen LogP contribution in [0, 0.1) is 6.92 Å². The first-order valence-corrected chi connectivity index (χ1v) is 10.8. The Morgan fingerprint density at radius 1 is 0.719 bits per heavy atom. The molecule has 32 heavy (non-hydrogen) atoms. The van der Waals surface area contributed by atoms with Crippen LogP contribution in [0.15, 0.2) is 84.9 Å². The van der Waals surface area contributed by atoms with E-state index in [0.29, 0.717) is 12.8 Å². The van der Waals surface area contributed by atoms with Gasteiger partial charge in [0.1, 0.15) is 0 Å². The van der Waals surface area contributed by atoms with Gasteiger partial charge in [0, 0.05) is 13.3 Å². The molecule has 0 aliphatic heterocycles. The fourth-order valence-electron chi connectivity index (χ4n) is 4.20. The van der Waals surface area contributed by atoms with Crippen LogP contribution in [-0.4, -0.2) is 30.8 Å². The average Bonchev–Trinajstić information content (AvgIpc) is 2.82. The van der Waals surface area contributed by atoms with E-state index < -0.39 is 17.9 Å². The number of ketones is 1. The highest BCUT2D eigenvalue weighted by molar-refractivity contribution is 5.95. The maximum absolute atomic E-state index is 13.1. The van der Waals surface area contributed by atoms with Crippen LogP contribution in [0.3, 0.4) is 0 Å². The monoisotopic (exact) mass is 422 g/mol. The molecule has 4 aromatic carbocycles. The van der Waals surface area contributed by atoms with E-state index in [9.17, 15) is 9.59 Å². The van der Waals surface area contributed by atoms with Crippen molar-refractivity contribution in [1.29, 1.82) is 0 Å². The molecular weight excluding hydrogens is 396 g/mol. The molecule has 2 atom stereocenters. The number of rotatable bonds is 8. The second-order valence-corrected chi connectivity index (χ2v) is 7.99. The van der Waals surface area contributed by atoms with E-state index in [4.69, 9.17) is 6.92 Å². The Morgan fingerprint density at radius 3 is 1.69 bits per heavy atom. The topological polar surface area (TPSA) is 58.2 Å². The Balaban J connectivity index is 1.53. The second kappa shape index (κ2) is 9.75. The number of amides is 1. The molecule has 0 spiro atoms. The molecule has 0 aromatic heterocycles. The van der Waals surface area contributed by atoms with Crippen molar-refractivity contribution in [1.82, 2.24) is 10.6 Å². The predicted octanol–water partition coefficient (Wildman–Crippen LogP) is 4.13. The fraction of sp³-hybridized carbons (Fsp3) is 0.179. The highest BCUT2D eigenvalue weighted by Crippen LogP contribution is 2.21. The van der Waals surface area contributed by atoms with Crippen molar-refractivity contribution in [3.05, 3.63) is 103 Å². The van der Waals surface area contributed by atoms with Crippen molar-refractivity contribution in [3.63, 3.8) is 0 Å². The van der Waals surface area contributed by atoms with Gasteiger partial charge in [0.2, 0.25) is 5.91 Å². The van der Waals surface area contributed by atoms with Crippen molar-refractivity contribution in [2.75, 3.05) is 7.05 Å². The number of carbonyl (C=O) groups excluding carboxylic acids is 2. The largest absolute Gasteiger partial charge is 0.345 e. The molecule has 0 fully saturated rings. The first-order chi connectivity index (χ1) is 15.6. The number of benzene rings is 4. The summed E-state index contributed by atoms with van der Waals surface area (Å²) in [7, 11) is 1.75. The summed E-state index contributed by atoms with van der Waals surface area (Å²) >= 11 is 0. The summed E-state index contributed by atoms with van der Waals surface area (Å²) in [5.41, 5.74) is 2.05. The zero-order chi connectivity index (χ0) is 22.5. The lowest BCUT2D eigenvalue weighted by molar-refractivity contribution is -0.127. The molecule has 0 saturated heterocycles. The average molecular weight is 423 g/mol. The summed E-state index contributed by atoms with van der Waals surface area (Å²) < 4.78 is 0. The SMILES string of the molecule is [CH]C(=O)C(Cc1cccc2ccccc12)NC(=O)C(Cc1cccc2ccccc12)NC. The van der Waals surface area contributed by atoms with Gasteiger partial charge in [0.25, 0.3) is 0 Å². The number of likely N-dealkylation sites (N-methyl/N-ethyl adjacent to an activating group) is 1. The lowest BCUT2D eigenvalue weighted by atomic mass is 9.96. The van der Waals surface area contributed by atoms with Crippen LogP contribution in [-0.2, 0) is 22.4 Å². The van der Waals surface area contributed by atoms with E-state index in [1.807, 2.05) is 66.7 Å². The van der Waals surface area contributed by atoms with Crippen molar-refractivity contribution in [2.24, 2.45) is 0 Å². The van der Waals surface area contributed by atoms with E-state index in [1.54, 1.807) is 7.05 Å². The Bertz CT molecular complexity index is 1250. The van der Waals surface area contributed by atoms with E-state index >= 15 is 0 Å². The van der Waals surface area contributed by atoms with Crippen LogP contribution >= 0.6 is 0 Å². The summed E-state index contributed by atoms with van der Waals surface area (Å²) in [4.78, 5) is 25.3. The third kappa shape index (κ3) is 4.71. The van der Waals surface area contributed by atoms with Gasteiger partial charge < -0.3 is 10.6 Å². The minimum Gasteiger partial charge on any atom is -0.345 e. The molecule has 160 valence electrons. The number of Topliss-reactive ketones (excluding diaryl/α,β-unsaturated/α-hetero) is 1. The third-order valence-corrected chi connectivity index (χ3v) is 5.93. The summed E-state index contributed by atoms with van der Waals surface area (Å²) in [6.45, 7) is 5.67. The minimum absolute atomic E-state index is 0.246. The van der Waals surface area contributed by atoms with Gasteiger partial charge in [-0.3, -0.25) is 9.59 Å². The molecule has 4 nitrogen and oxygen atoms in total. The van der Waals surface area contributed by atoms with E-state index in [-0.39, 0.29) is 5.91 Å². The number of hydrogen-bond donors (Lipinski definition) is 2. The number of fused-ring (bicyclic) bond motifs is 2. The molecule has 0 aliphatic carbocycles. The van der Waals surface area contributed by atoms with Gasteiger partial charge in [-0.2, -0.15) is 0 Å². The molecule has 0 saturated carbocycles. The van der Waals surface area contributed by atoms with Gasteiger partial charge >= 0.3 is 0 Å². The van der Waals surface area contributed by atoms with Gasteiger partial charge in [-0.25, -0.2) is 0 Å². The molecule has 0 heterocycles. The van der Waals surface area contributed by atoms with Crippen LogP contribution in [0.5, 0.6) is 0 Å². The van der Waals surface area contributed by atoms with Gasteiger partial charge in [-0.15, -0.1) is 0 Å². The zero-order valence-electron chi connectivity index (χ0n) is 18.0. The maximum Gasteiger partial charge on any atom is 0.238 e. The third-order valence-electron chi connectivity index (χ3n) is 5.93. The Morgan fingerprint density at radius 2 is 1.19 bits per heavy atom. The highest BCUT2D eigenvalue weighted by atomic mass is 16.2. The summed E-state index contributed by atoms with van der Waals surface area (Å²) in [6.07, 6.45) is 0.844. The summed E-state index contributed by atoms with van der Waals surface area (Å²) in [5, 5.41) is 10.3. The van der Waals surface area contributed by atoms with Crippen LogP contribution in [0.2, 0.25) is 0 Å². The first kappa shape index (κ1) is 21.7. The molecule has 1 amide bonds. The second-order valence-electron chi connectivity index (χ2n) is 7.99. The molecule has 2 N–H and O–H groups in total. The van der Waals surface area contributed by atoms with Gasteiger partial charge in [-0.1, -0.05) is 84.9 Å². The summed E-state index contributed by atoms with van der Waals surface area (Å²) in [6, 6.07) is 26.8. The van der Waals surface area contributed by atoms with E-state index in [1.165, 1.54) is 0 Å². The van der Waals surface area contributed by atoms with Crippen LogP contribution < -0.4 is 10.6 Å². The standard InChI is InChI=1S/C28H26N2O2/c1-19(31)26(17-22-13-7-11-20-9-3-5-15-24(20)22)30-28(32)27(29-2)18-23-14-8-12-21-10-4-6-16-25(21)23/h1,3-16,26-27,29H,17-18H2,2H3,(H,30,32).